The Hall–Kier alpha value is -1.97. The van der Waals surface area contributed by atoms with Crippen molar-refractivity contribution in [3.8, 4) is 11.6 Å². The van der Waals surface area contributed by atoms with Crippen molar-refractivity contribution in [2.45, 2.75) is 0 Å². The van der Waals surface area contributed by atoms with Crippen LogP contribution in [0, 0.1) is 0 Å². The van der Waals surface area contributed by atoms with Crippen LogP contribution in [0.5, 0.6) is 0 Å². The van der Waals surface area contributed by atoms with Gasteiger partial charge in [-0.05, 0) is 29.0 Å². The number of rotatable bonds is 1. The van der Waals surface area contributed by atoms with Gasteiger partial charge in [0.25, 0.3) is 0 Å². The van der Waals surface area contributed by atoms with E-state index in [1.807, 2.05) is 54.1 Å². The summed E-state index contributed by atoms with van der Waals surface area (Å²) in [5.41, 5.74) is 3.87. The smallest absolute Gasteiger partial charge is 0.132 e. The molecule has 0 amide bonds. The van der Waals surface area contributed by atoms with E-state index >= 15 is 0 Å². The van der Waals surface area contributed by atoms with Crippen LogP contribution in [0.1, 0.15) is 0 Å². The second kappa shape index (κ2) is 4.85. The minimum atomic E-state index is 0. The molecule has 0 atom stereocenters. The SMILES string of the molecule is Cn1c(-c2nc3ccccc3[n-]2)nc2ccccc21.[Ir]. The Kier molecular flexibility index (Phi) is 3.16. The summed E-state index contributed by atoms with van der Waals surface area (Å²) >= 11 is 0. The van der Waals surface area contributed by atoms with E-state index in [2.05, 4.69) is 21.0 Å². The molecule has 0 unspecified atom stereocenters. The number of para-hydroxylation sites is 4. The van der Waals surface area contributed by atoms with Gasteiger partial charge in [0.1, 0.15) is 5.82 Å². The maximum atomic E-state index is 4.62. The molecule has 0 fully saturated rings. The van der Waals surface area contributed by atoms with Crippen molar-refractivity contribution in [2.24, 2.45) is 7.05 Å². The molecule has 4 nitrogen and oxygen atoms in total. The second-order valence-electron chi connectivity index (χ2n) is 4.52. The third kappa shape index (κ3) is 1.87. The average molecular weight is 439 g/mol. The number of nitrogens with zero attached hydrogens (tertiary/aromatic N) is 4. The van der Waals surface area contributed by atoms with Gasteiger partial charge in [-0.2, -0.15) is 0 Å². The standard InChI is InChI=1S/C15H11N4.Ir/c1-19-13-9-5-4-8-12(13)18-15(19)14-16-10-6-2-3-7-11(10)17-14;/h2-9H,1H3;/q-1;. The van der Waals surface area contributed by atoms with Crippen molar-refractivity contribution in [2.75, 3.05) is 0 Å². The number of aromatic nitrogens is 4. The van der Waals surface area contributed by atoms with Gasteiger partial charge in [0, 0.05) is 27.2 Å². The molecule has 0 N–H and O–H groups in total. The van der Waals surface area contributed by atoms with Crippen molar-refractivity contribution in [3.63, 3.8) is 0 Å². The Morgan fingerprint density at radius 1 is 0.900 bits per heavy atom. The maximum Gasteiger partial charge on any atom is 0.132 e. The number of aryl methyl sites for hydroxylation is 1. The predicted octanol–water partition coefficient (Wildman–Crippen LogP) is 2.74. The van der Waals surface area contributed by atoms with E-state index in [-0.39, 0.29) is 20.1 Å². The van der Waals surface area contributed by atoms with Crippen molar-refractivity contribution in [3.05, 3.63) is 48.5 Å². The van der Waals surface area contributed by atoms with Crippen LogP contribution < -0.4 is 4.98 Å². The molecule has 0 saturated carbocycles. The van der Waals surface area contributed by atoms with Gasteiger partial charge in [-0.3, -0.25) is 0 Å². The molecular weight excluding hydrogens is 428 g/mol. The quantitative estimate of drug-likeness (QED) is 0.458. The van der Waals surface area contributed by atoms with Crippen molar-refractivity contribution >= 4 is 22.1 Å². The first-order chi connectivity index (χ1) is 9.33. The van der Waals surface area contributed by atoms with Gasteiger partial charge in [-0.1, -0.05) is 36.4 Å². The van der Waals surface area contributed by atoms with Crippen molar-refractivity contribution < 1.29 is 20.1 Å². The Bertz CT molecular complexity index is 858. The molecule has 0 aliphatic carbocycles. The Balaban J connectivity index is 0.00000121. The van der Waals surface area contributed by atoms with Crippen molar-refractivity contribution in [1.29, 1.82) is 0 Å². The first kappa shape index (κ1) is 13.0. The van der Waals surface area contributed by atoms with E-state index in [9.17, 15) is 0 Å². The fraction of sp³-hybridized carbons (Fsp3) is 0.0667. The molecule has 5 heteroatoms. The molecule has 0 spiro atoms. The molecule has 2 heterocycles. The van der Waals surface area contributed by atoms with Crippen molar-refractivity contribution in [1.82, 2.24) is 19.5 Å². The van der Waals surface area contributed by atoms with Crippen LogP contribution in [0.3, 0.4) is 0 Å². The molecule has 0 bridgehead atoms. The van der Waals surface area contributed by atoms with Gasteiger partial charge >= 0.3 is 0 Å². The van der Waals surface area contributed by atoms with Crippen LogP contribution in [0.25, 0.3) is 33.7 Å². The number of hydrogen-bond donors (Lipinski definition) is 0. The summed E-state index contributed by atoms with van der Waals surface area (Å²) in [6, 6.07) is 15.9. The fourth-order valence-electron chi connectivity index (χ4n) is 2.35. The zero-order chi connectivity index (χ0) is 12.8. The summed E-state index contributed by atoms with van der Waals surface area (Å²) in [7, 11) is 1.99. The third-order valence-electron chi connectivity index (χ3n) is 3.32. The largest absolute Gasteiger partial charge is 0.433 e. The summed E-state index contributed by atoms with van der Waals surface area (Å²) < 4.78 is 2.03. The molecule has 2 aromatic carbocycles. The van der Waals surface area contributed by atoms with E-state index in [4.69, 9.17) is 0 Å². The molecular formula is C15H11IrN4-. The fourth-order valence-corrected chi connectivity index (χ4v) is 2.35. The zero-order valence-corrected chi connectivity index (χ0v) is 13.1. The summed E-state index contributed by atoms with van der Waals surface area (Å²) in [5.74, 6) is 1.48. The summed E-state index contributed by atoms with van der Waals surface area (Å²) in [6.07, 6.45) is 0. The molecule has 101 valence electrons. The number of imidazole rings is 2. The van der Waals surface area contributed by atoms with Crippen LogP contribution in [-0.2, 0) is 27.2 Å². The number of hydrogen-bond acceptors (Lipinski definition) is 2. The van der Waals surface area contributed by atoms with E-state index in [0.717, 1.165) is 27.9 Å². The normalized spacial score (nSPS) is 10.8. The summed E-state index contributed by atoms with van der Waals surface area (Å²) in [5, 5.41) is 0. The van der Waals surface area contributed by atoms with Crippen LogP contribution in [0.4, 0.5) is 0 Å². The van der Waals surface area contributed by atoms with Gasteiger partial charge in [-0.15, -0.1) is 0 Å². The van der Waals surface area contributed by atoms with Gasteiger partial charge in [0.05, 0.1) is 11.0 Å². The Morgan fingerprint density at radius 3 is 2.35 bits per heavy atom. The van der Waals surface area contributed by atoms with Crippen LogP contribution >= 0.6 is 0 Å². The van der Waals surface area contributed by atoms with Gasteiger partial charge in [0.2, 0.25) is 0 Å². The molecule has 20 heavy (non-hydrogen) atoms. The van der Waals surface area contributed by atoms with Crippen LogP contribution in [0.15, 0.2) is 48.5 Å². The van der Waals surface area contributed by atoms with Gasteiger partial charge in [-0.25, -0.2) is 4.98 Å². The minimum Gasteiger partial charge on any atom is -0.433 e. The molecule has 1 radical (unpaired) electrons. The number of fused-ring (bicyclic) bond motifs is 2. The Labute approximate surface area is 129 Å². The zero-order valence-electron chi connectivity index (χ0n) is 10.7. The maximum absolute atomic E-state index is 4.62. The second-order valence-corrected chi connectivity index (χ2v) is 4.52. The number of benzene rings is 2. The molecule has 4 aromatic rings. The first-order valence-corrected chi connectivity index (χ1v) is 6.14. The van der Waals surface area contributed by atoms with Crippen LogP contribution in [-0.4, -0.2) is 14.5 Å². The van der Waals surface area contributed by atoms with E-state index in [0.29, 0.717) is 5.82 Å². The monoisotopic (exact) mass is 440 g/mol. The van der Waals surface area contributed by atoms with Crippen LogP contribution in [0.2, 0.25) is 0 Å². The van der Waals surface area contributed by atoms with Gasteiger partial charge in [0.15, 0.2) is 0 Å². The molecule has 4 rings (SSSR count). The third-order valence-corrected chi connectivity index (χ3v) is 3.32. The molecule has 2 aromatic heterocycles. The summed E-state index contributed by atoms with van der Waals surface area (Å²) in [4.78, 5) is 13.7. The van der Waals surface area contributed by atoms with Gasteiger partial charge < -0.3 is 14.5 Å². The first-order valence-electron chi connectivity index (χ1n) is 6.14. The van der Waals surface area contributed by atoms with E-state index in [1.54, 1.807) is 0 Å². The molecule has 0 aliphatic heterocycles. The predicted molar refractivity (Wildman–Crippen MR) is 74.8 cm³/mol. The summed E-state index contributed by atoms with van der Waals surface area (Å²) in [6.45, 7) is 0. The topological polar surface area (TPSA) is 44.8 Å². The molecule has 0 aliphatic rings. The minimum absolute atomic E-state index is 0. The average Bonchev–Trinajstić information content (AvgIpc) is 3.00. The molecule has 0 saturated heterocycles. The Morgan fingerprint density at radius 2 is 1.60 bits per heavy atom. The van der Waals surface area contributed by atoms with E-state index < -0.39 is 0 Å². The van der Waals surface area contributed by atoms with E-state index in [1.165, 1.54) is 0 Å².